The van der Waals surface area contributed by atoms with Gasteiger partial charge < -0.3 is 9.84 Å². The first-order valence-corrected chi connectivity index (χ1v) is 9.37. The van der Waals surface area contributed by atoms with Crippen LogP contribution in [0.15, 0.2) is 70.6 Å². The van der Waals surface area contributed by atoms with Crippen LogP contribution in [0.5, 0.6) is 0 Å². The molecule has 1 N–H and O–H groups in total. The molecule has 0 aliphatic rings. The maximum absolute atomic E-state index is 12.6. The van der Waals surface area contributed by atoms with Crippen molar-refractivity contribution in [3.8, 4) is 16.8 Å². The number of hydrogen-bond acceptors (Lipinski definition) is 6. The minimum Gasteiger partial charge on any atom is -0.339 e. The van der Waals surface area contributed by atoms with Crippen molar-refractivity contribution in [2.24, 2.45) is 0 Å². The molecule has 4 rings (SSSR count). The molecule has 4 aromatic rings. The third-order valence-corrected chi connectivity index (χ3v) is 4.94. The number of aromatic nitrogens is 2. The van der Waals surface area contributed by atoms with Crippen molar-refractivity contribution >= 4 is 22.9 Å². The monoisotopic (exact) mass is 386 g/mol. The maximum Gasteiger partial charge on any atom is 0.255 e. The Morgan fingerprint density at radius 2 is 2.04 bits per heavy atom. The Kier molecular flexibility index (Phi) is 4.95. The number of benzene rings is 2. The first-order chi connectivity index (χ1) is 13.7. The molecule has 0 saturated carbocycles. The molecule has 0 atom stereocenters. The third-order valence-electron chi connectivity index (χ3n) is 4.07. The highest BCUT2D eigenvalue weighted by Gasteiger charge is 2.14. The summed E-state index contributed by atoms with van der Waals surface area (Å²) < 4.78 is 5.36. The van der Waals surface area contributed by atoms with Gasteiger partial charge in [0.1, 0.15) is 0 Å². The van der Waals surface area contributed by atoms with Gasteiger partial charge in [-0.25, -0.2) is 0 Å². The minimum atomic E-state index is -0.283. The van der Waals surface area contributed by atoms with E-state index in [1.165, 1.54) is 0 Å². The topological polar surface area (TPSA) is 91.8 Å². The lowest BCUT2D eigenvalue weighted by Crippen LogP contribution is -2.13. The number of amides is 1. The summed E-state index contributed by atoms with van der Waals surface area (Å²) >= 11 is 1.54. The second-order valence-corrected chi connectivity index (χ2v) is 6.92. The van der Waals surface area contributed by atoms with E-state index in [1.54, 1.807) is 35.6 Å². The summed E-state index contributed by atoms with van der Waals surface area (Å²) in [6, 6.07) is 19.9. The van der Waals surface area contributed by atoms with E-state index in [0.717, 1.165) is 10.4 Å². The molecule has 7 heteroatoms. The fraction of sp³-hybridized carbons (Fsp3) is 0.0476. The van der Waals surface area contributed by atoms with E-state index >= 15 is 0 Å². The van der Waals surface area contributed by atoms with Crippen molar-refractivity contribution in [2.45, 2.75) is 6.42 Å². The number of para-hydroxylation sites is 1. The van der Waals surface area contributed by atoms with Crippen LogP contribution in [0.3, 0.4) is 0 Å². The number of carbonyl (C=O) groups is 1. The molecule has 0 unspecified atom stereocenters. The number of rotatable bonds is 5. The molecule has 1 amide bonds. The summed E-state index contributed by atoms with van der Waals surface area (Å²) in [4.78, 5) is 17.9. The van der Waals surface area contributed by atoms with E-state index < -0.39 is 0 Å². The summed E-state index contributed by atoms with van der Waals surface area (Å²) in [5.74, 6) is 0.741. The zero-order chi connectivity index (χ0) is 19.3. The number of hydrogen-bond donors (Lipinski definition) is 1. The molecule has 6 nitrogen and oxygen atoms in total. The van der Waals surface area contributed by atoms with Crippen molar-refractivity contribution in [3.05, 3.63) is 88.6 Å². The van der Waals surface area contributed by atoms with E-state index in [9.17, 15) is 4.79 Å². The number of thiophene rings is 1. The standard InChI is InChI=1S/C21H14N4O2S/c22-13-14-5-3-7-16(11-14)21(26)23-17-8-2-1-6-15(17)12-19-24-20(25-27-19)18-9-4-10-28-18/h1-11H,12H2,(H,23,26). The van der Waals surface area contributed by atoms with E-state index in [0.29, 0.717) is 35.0 Å². The normalized spacial score (nSPS) is 10.4. The Hall–Kier alpha value is -3.76. The first kappa shape index (κ1) is 17.6. The van der Waals surface area contributed by atoms with Crippen molar-refractivity contribution in [2.75, 3.05) is 5.32 Å². The third kappa shape index (κ3) is 3.82. The van der Waals surface area contributed by atoms with Gasteiger partial charge in [-0.3, -0.25) is 4.79 Å². The Labute approximate surface area is 165 Å². The number of nitrogens with zero attached hydrogens (tertiary/aromatic N) is 3. The second kappa shape index (κ2) is 7.86. The van der Waals surface area contributed by atoms with Gasteiger partial charge in [-0.2, -0.15) is 10.2 Å². The molecular formula is C21H14N4O2S. The largest absolute Gasteiger partial charge is 0.339 e. The van der Waals surface area contributed by atoms with Crippen LogP contribution in [0, 0.1) is 11.3 Å². The van der Waals surface area contributed by atoms with E-state index in [2.05, 4.69) is 15.5 Å². The van der Waals surface area contributed by atoms with Gasteiger partial charge >= 0.3 is 0 Å². The lowest BCUT2D eigenvalue weighted by atomic mass is 10.1. The van der Waals surface area contributed by atoms with Crippen LogP contribution in [0.4, 0.5) is 5.69 Å². The zero-order valence-electron chi connectivity index (χ0n) is 14.6. The Morgan fingerprint density at radius 1 is 1.14 bits per heavy atom. The summed E-state index contributed by atoms with van der Waals surface area (Å²) in [7, 11) is 0. The fourth-order valence-electron chi connectivity index (χ4n) is 2.72. The van der Waals surface area contributed by atoms with Gasteiger partial charge in [-0.1, -0.05) is 35.5 Å². The average Bonchev–Trinajstić information content (AvgIpc) is 3.41. The summed E-state index contributed by atoms with van der Waals surface area (Å²) in [5.41, 5.74) is 2.37. The molecule has 2 aromatic carbocycles. The van der Waals surface area contributed by atoms with E-state index in [-0.39, 0.29) is 5.91 Å². The average molecular weight is 386 g/mol. The highest BCUT2D eigenvalue weighted by atomic mass is 32.1. The van der Waals surface area contributed by atoms with Crippen LogP contribution in [0.2, 0.25) is 0 Å². The van der Waals surface area contributed by atoms with Crippen LogP contribution in [0.1, 0.15) is 27.4 Å². The van der Waals surface area contributed by atoms with Crippen LogP contribution in [0.25, 0.3) is 10.7 Å². The van der Waals surface area contributed by atoms with Crippen molar-refractivity contribution in [3.63, 3.8) is 0 Å². The SMILES string of the molecule is N#Cc1cccc(C(=O)Nc2ccccc2Cc2nc(-c3cccs3)no2)c1. The molecule has 2 heterocycles. The maximum atomic E-state index is 12.6. The van der Waals surface area contributed by atoms with Crippen molar-refractivity contribution < 1.29 is 9.32 Å². The van der Waals surface area contributed by atoms with Crippen molar-refractivity contribution in [1.29, 1.82) is 5.26 Å². The van der Waals surface area contributed by atoms with Gasteiger partial charge in [-0.15, -0.1) is 11.3 Å². The summed E-state index contributed by atoms with van der Waals surface area (Å²) in [6.07, 6.45) is 0.396. The number of carbonyl (C=O) groups excluding carboxylic acids is 1. The predicted molar refractivity (Wildman–Crippen MR) is 106 cm³/mol. The minimum absolute atomic E-state index is 0.283. The van der Waals surface area contributed by atoms with Gasteiger partial charge in [0.2, 0.25) is 11.7 Å². The highest BCUT2D eigenvalue weighted by molar-refractivity contribution is 7.13. The molecule has 2 aromatic heterocycles. The fourth-order valence-corrected chi connectivity index (χ4v) is 3.37. The van der Waals surface area contributed by atoms with Gasteiger partial charge in [0.25, 0.3) is 5.91 Å². The Balaban J connectivity index is 1.54. The Morgan fingerprint density at radius 3 is 2.86 bits per heavy atom. The highest BCUT2D eigenvalue weighted by Crippen LogP contribution is 2.24. The molecule has 0 bridgehead atoms. The van der Waals surface area contributed by atoms with E-state index in [1.807, 2.05) is 47.8 Å². The van der Waals surface area contributed by atoms with Crippen LogP contribution in [-0.2, 0) is 6.42 Å². The summed E-state index contributed by atoms with van der Waals surface area (Å²) in [5, 5.41) is 17.9. The molecule has 0 spiro atoms. The van der Waals surface area contributed by atoms with Crippen LogP contribution >= 0.6 is 11.3 Å². The van der Waals surface area contributed by atoms with E-state index in [4.69, 9.17) is 9.78 Å². The molecular weight excluding hydrogens is 372 g/mol. The molecule has 0 aliphatic heterocycles. The smallest absolute Gasteiger partial charge is 0.255 e. The first-order valence-electron chi connectivity index (χ1n) is 8.49. The second-order valence-electron chi connectivity index (χ2n) is 5.97. The number of nitrogens with one attached hydrogen (secondary N) is 1. The van der Waals surface area contributed by atoms with Gasteiger partial charge in [0.15, 0.2) is 0 Å². The predicted octanol–water partition coefficient (Wildman–Crippen LogP) is 4.51. The summed E-state index contributed by atoms with van der Waals surface area (Å²) in [6.45, 7) is 0. The molecule has 0 aliphatic carbocycles. The van der Waals surface area contributed by atoms with Gasteiger partial charge in [0, 0.05) is 11.3 Å². The molecule has 0 saturated heterocycles. The lowest BCUT2D eigenvalue weighted by molar-refractivity contribution is 0.102. The van der Waals surface area contributed by atoms with Crippen LogP contribution in [-0.4, -0.2) is 16.0 Å². The number of nitriles is 1. The lowest BCUT2D eigenvalue weighted by Gasteiger charge is -2.10. The molecule has 28 heavy (non-hydrogen) atoms. The van der Waals surface area contributed by atoms with Crippen LogP contribution < -0.4 is 5.32 Å². The molecule has 136 valence electrons. The quantitative estimate of drug-likeness (QED) is 0.545. The zero-order valence-corrected chi connectivity index (χ0v) is 15.4. The number of anilines is 1. The molecule has 0 radical (unpaired) electrons. The Bertz CT molecular complexity index is 1160. The van der Waals surface area contributed by atoms with Crippen molar-refractivity contribution in [1.82, 2.24) is 10.1 Å². The van der Waals surface area contributed by atoms with Gasteiger partial charge in [-0.05, 0) is 41.3 Å². The molecule has 0 fully saturated rings. The van der Waals surface area contributed by atoms with Gasteiger partial charge in [0.05, 0.1) is 22.9 Å².